The van der Waals surface area contributed by atoms with Crippen molar-refractivity contribution in [3.63, 3.8) is 0 Å². The van der Waals surface area contributed by atoms with E-state index in [1.54, 1.807) is 7.11 Å². The van der Waals surface area contributed by atoms with Crippen LogP contribution < -0.4 is 10.5 Å². The Morgan fingerprint density at radius 3 is 2.55 bits per heavy atom. The minimum atomic E-state index is 0.287. The maximum atomic E-state index is 5.97. The zero-order valence-corrected chi connectivity index (χ0v) is 12.2. The number of nitrogen functional groups attached to an aromatic ring is 1. The molecule has 0 aliphatic heterocycles. The van der Waals surface area contributed by atoms with Gasteiger partial charge in [-0.1, -0.05) is 28.9 Å². The monoisotopic (exact) mass is 306 g/mol. The summed E-state index contributed by atoms with van der Waals surface area (Å²) in [5, 5.41) is 4.04. The second-order valence-corrected chi connectivity index (χ2v) is 5.82. The third-order valence-electron chi connectivity index (χ3n) is 2.90. The Bertz CT molecular complexity index is 734. The van der Waals surface area contributed by atoms with E-state index in [0.717, 1.165) is 21.8 Å². The van der Waals surface area contributed by atoms with E-state index in [9.17, 15) is 0 Å². The number of hydrogen-bond acceptors (Lipinski definition) is 5. The number of benzene rings is 1. The molecule has 3 aromatic rings. The number of nitrogens with two attached hydrogens (primary N) is 1. The van der Waals surface area contributed by atoms with Gasteiger partial charge in [0.15, 0.2) is 0 Å². The number of ether oxygens (including phenoxy) is 1. The van der Waals surface area contributed by atoms with Crippen LogP contribution in [-0.2, 0) is 0 Å². The molecule has 0 unspecified atom stereocenters. The smallest absolute Gasteiger partial charge is 0.230 e. The van der Waals surface area contributed by atoms with E-state index >= 15 is 0 Å². The third kappa shape index (κ3) is 2.26. The molecule has 0 radical (unpaired) electrons. The minimum absolute atomic E-state index is 0.287. The molecule has 0 aliphatic carbocycles. The molecule has 0 aliphatic rings. The molecule has 2 heterocycles. The highest BCUT2D eigenvalue weighted by molar-refractivity contribution is 7.19. The molecule has 0 atom stereocenters. The summed E-state index contributed by atoms with van der Waals surface area (Å²) in [4.78, 5) is 0.918. The molecule has 1 aromatic carbocycles. The van der Waals surface area contributed by atoms with Crippen molar-refractivity contribution in [1.29, 1.82) is 0 Å². The van der Waals surface area contributed by atoms with Gasteiger partial charge in [-0.05, 0) is 29.8 Å². The number of halogens is 1. The molecular weight excluding hydrogens is 296 g/mol. The molecule has 0 saturated carbocycles. The van der Waals surface area contributed by atoms with E-state index in [1.165, 1.54) is 11.3 Å². The van der Waals surface area contributed by atoms with Gasteiger partial charge in [-0.15, -0.1) is 11.3 Å². The van der Waals surface area contributed by atoms with Gasteiger partial charge in [-0.3, -0.25) is 0 Å². The lowest BCUT2D eigenvalue weighted by Crippen LogP contribution is -1.87. The predicted octanol–water partition coefficient (Wildman–Crippen LogP) is 4.31. The second-order valence-electron chi connectivity index (χ2n) is 4.10. The van der Waals surface area contributed by atoms with Crippen molar-refractivity contribution in [2.75, 3.05) is 12.8 Å². The Labute approximate surface area is 124 Å². The van der Waals surface area contributed by atoms with Gasteiger partial charge in [0.1, 0.15) is 11.4 Å². The van der Waals surface area contributed by atoms with Gasteiger partial charge in [0, 0.05) is 0 Å². The van der Waals surface area contributed by atoms with E-state index < -0.39 is 0 Å². The lowest BCUT2D eigenvalue weighted by molar-refractivity contribution is 0.415. The summed E-state index contributed by atoms with van der Waals surface area (Å²) in [7, 11) is 1.63. The van der Waals surface area contributed by atoms with Gasteiger partial charge in [-0.25, -0.2) is 0 Å². The molecule has 4 nitrogen and oxygen atoms in total. The van der Waals surface area contributed by atoms with Crippen molar-refractivity contribution >= 4 is 28.8 Å². The Balaban J connectivity index is 2.10. The first kappa shape index (κ1) is 13.0. The lowest BCUT2D eigenvalue weighted by Gasteiger charge is -2.03. The number of thiophene rings is 1. The molecule has 0 amide bonds. The van der Waals surface area contributed by atoms with Crippen molar-refractivity contribution in [2.24, 2.45) is 0 Å². The van der Waals surface area contributed by atoms with E-state index in [4.69, 9.17) is 26.6 Å². The summed E-state index contributed by atoms with van der Waals surface area (Å²) >= 11 is 7.40. The Hall–Kier alpha value is -1.98. The Morgan fingerprint density at radius 2 is 1.95 bits per heavy atom. The molecule has 2 aromatic heterocycles. The Morgan fingerprint density at radius 1 is 1.20 bits per heavy atom. The van der Waals surface area contributed by atoms with Crippen molar-refractivity contribution in [3.8, 4) is 27.4 Å². The number of methoxy groups -OCH3 is 1. The van der Waals surface area contributed by atoms with Crippen LogP contribution in [0.4, 0.5) is 5.88 Å². The van der Waals surface area contributed by atoms with Crippen molar-refractivity contribution in [2.45, 2.75) is 0 Å². The number of anilines is 1. The van der Waals surface area contributed by atoms with E-state index in [0.29, 0.717) is 10.0 Å². The molecule has 102 valence electrons. The van der Waals surface area contributed by atoms with Gasteiger partial charge >= 0.3 is 0 Å². The van der Waals surface area contributed by atoms with Crippen molar-refractivity contribution < 1.29 is 9.26 Å². The van der Waals surface area contributed by atoms with Crippen LogP contribution in [0, 0.1) is 0 Å². The van der Waals surface area contributed by atoms with Crippen LogP contribution in [0.25, 0.3) is 21.7 Å². The molecule has 3 rings (SSSR count). The fourth-order valence-electron chi connectivity index (χ4n) is 1.95. The van der Waals surface area contributed by atoms with E-state index in [-0.39, 0.29) is 5.88 Å². The Kier molecular flexibility index (Phi) is 3.38. The van der Waals surface area contributed by atoms with Crippen LogP contribution >= 0.6 is 22.9 Å². The fraction of sp³-hybridized carbons (Fsp3) is 0.0714. The summed E-state index contributed by atoms with van der Waals surface area (Å²) in [6, 6.07) is 11.3. The van der Waals surface area contributed by atoms with Gasteiger partial charge < -0.3 is 15.0 Å². The molecule has 20 heavy (non-hydrogen) atoms. The number of nitrogens with zero attached hydrogens (tertiary/aromatic N) is 1. The van der Waals surface area contributed by atoms with Crippen LogP contribution in [0.2, 0.25) is 4.34 Å². The second kappa shape index (κ2) is 5.19. The van der Waals surface area contributed by atoms with Gasteiger partial charge in [0.05, 0.1) is 21.9 Å². The summed E-state index contributed by atoms with van der Waals surface area (Å²) < 4.78 is 11.0. The van der Waals surface area contributed by atoms with Crippen LogP contribution in [0.15, 0.2) is 40.9 Å². The van der Waals surface area contributed by atoms with Crippen LogP contribution in [0.5, 0.6) is 5.75 Å². The van der Waals surface area contributed by atoms with E-state index in [1.807, 2.05) is 36.4 Å². The minimum Gasteiger partial charge on any atom is -0.497 e. The van der Waals surface area contributed by atoms with Crippen LogP contribution in [0.1, 0.15) is 0 Å². The first-order valence-corrected chi connectivity index (χ1v) is 7.04. The van der Waals surface area contributed by atoms with Crippen molar-refractivity contribution in [3.05, 3.63) is 40.7 Å². The lowest BCUT2D eigenvalue weighted by atomic mass is 10.0. The summed E-state index contributed by atoms with van der Waals surface area (Å²) in [5.74, 6) is 1.07. The van der Waals surface area contributed by atoms with Gasteiger partial charge in [-0.2, -0.15) is 0 Å². The van der Waals surface area contributed by atoms with Crippen LogP contribution in [-0.4, -0.2) is 12.3 Å². The highest BCUT2D eigenvalue weighted by atomic mass is 35.5. The van der Waals surface area contributed by atoms with Crippen LogP contribution in [0.3, 0.4) is 0 Å². The summed E-state index contributed by atoms with van der Waals surface area (Å²) in [6.07, 6.45) is 0. The van der Waals surface area contributed by atoms with E-state index in [2.05, 4.69) is 5.16 Å². The molecule has 0 saturated heterocycles. The average molecular weight is 307 g/mol. The first-order valence-electron chi connectivity index (χ1n) is 5.84. The molecule has 0 fully saturated rings. The SMILES string of the molecule is COc1ccc(-c2c(-c3ccc(Cl)s3)noc2N)cc1. The topological polar surface area (TPSA) is 61.3 Å². The molecule has 0 spiro atoms. The summed E-state index contributed by atoms with van der Waals surface area (Å²) in [5.41, 5.74) is 8.29. The molecule has 6 heteroatoms. The average Bonchev–Trinajstić information content (AvgIpc) is 3.05. The quantitative estimate of drug-likeness (QED) is 0.783. The first-order chi connectivity index (χ1) is 9.69. The predicted molar refractivity (Wildman–Crippen MR) is 81.2 cm³/mol. The zero-order chi connectivity index (χ0) is 14.1. The third-order valence-corrected chi connectivity index (χ3v) is 4.14. The maximum Gasteiger partial charge on any atom is 0.230 e. The normalized spacial score (nSPS) is 10.7. The number of hydrogen-bond donors (Lipinski definition) is 1. The van der Waals surface area contributed by atoms with Crippen molar-refractivity contribution in [1.82, 2.24) is 5.16 Å². The number of aromatic nitrogens is 1. The largest absolute Gasteiger partial charge is 0.497 e. The van der Waals surface area contributed by atoms with Gasteiger partial charge in [0.2, 0.25) is 5.88 Å². The standard InChI is InChI=1S/C14H11ClN2O2S/c1-18-9-4-2-8(3-5-9)12-13(17-19-14(12)16)10-6-7-11(15)20-10/h2-7H,16H2,1H3. The fourth-order valence-corrected chi connectivity index (χ4v) is 2.98. The zero-order valence-electron chi connectivity index (χ0n) is 10.6. The summed E-state index contributed by atoms with van der Waals surface area (Å²) in [6.45, 7) is 0. The highest BCUT2D eigenvalue weighted by Gasteiger charge is 2.18. The number of rotatable bonds is 3. The highest BCUT2D eigenvalue weighted by Crippen LogP contribution is 2.40. The molecular formula is C14H11ClN2O2S. The maximum absolute atomic E-state index is 5.97. The molecule has 0 bridgehead atoms. The van der Waals surface area contributed by atoms with Gasteiger partial charge in [0.25, 0.3) is 0 Å². The molecule has 2 N–H and O–H groups in total.